The van der Waals surface area contributed by atoms with E-state index in [1.54, 1.807) is 0 Å². The first kappa shape index (κ1) is 20.1. The van der Waals surface area contributed by atoms with Crippen LogP contribution in [0.1, 0.15) is 0 Å². The number of rotatable bonds is 3. The standard InChI is InChI=1S/C24H22B5NS/c25-18-19(26)21(28)23(22(29)20(18)27)30-13-9-10-15-16-8-4-7-14(12-5-2-1-3-6-12)24(16)31-17(15)11-13/h1-11,30H,25-29H2. The van der Waals surface area contributed by atoms with E-state index in [2.05, 4.69) is 111 Å². The smallest absolute Gasteiger partial charge is 0.141 e. The van der Waals surface area contributed by atoms with E-state index < -0.39 is 0 Å². The molecule has 1 N–H and O–H groups in total. The van der Waals surface area contributed by atoms with Crippen molar-refractivity contribution < 1.29 is 0 Å². The van der Waals surface area contributed by atoms with Crippen LogP contribution in [0, 0.1) is 0 Å². The Kier molecular flexibility index (Phi) is 5.02. The molecule has 5 rings (SSSR count). The quantitative estimate of drug-likeness (QED) is 0.367. The third-order valence-electron chi connectivity index (χ3n) is 6.85. The minimum Gasteiger partial charge on any atom is -0.356 e. The van der Waals surface area contributed by atoms with Gasteiger partial charge in [0.05, 0.1) is 0 Å². The topological polar surface area (TPSA) is 12.0 Å². The second-order valence-electron chi connectivity index (χ2n) is 8.49. The van der Waals surface area contributed by atoms with Gasteiger partial charge >= 0.3 is 0 Å². The zero-order valence-corrected chi connectivity index (χ0v) is 19.6. The van der Waals surface area contributed by atoms with Gasteiger partial charge in [-0.05, 0) is 23.3 Å². The fourth-order valence-corrected chi connectivity index (χ4v) is 5.83. The van der Waals surface area contributed by atoms with E-state index in [1.165, 1.54) is 64.3 Å². The van der Waals surface area contributed by atoms with Crippen molar-refractivity contribution in [1.29, 1.82) is 0 Å². The van der Waals surface area contributed by atoms with Crippen molar-refractivity contribution in [1.82, 2.24) is 0 Å². The SMILES string of the molecule is Bc1c(B)c(B)c(Nc2ccc3c(c2)sc2c(-c4ccccc4)cccc23)c(B)c1B. The normalized spacial score (nSPS) is 11.2. The highest BCUT2D eigenvalue weighted by atomic mass is 32.1. The molecule has 144 valence electrons. The van der Waals surface area contributed by atoms with Crippen molar-refractivity contribution >= 4 is 109 Å². The van der Waals surface area contributed by atoms with Crippen molar-refractivity contribution in [3.05, 3.63) is 66.7 Å². The molecule has 1 aromatic heterocycles. The van der Waals surface area contributed by atoms with Crippen LogP contribution < -0.4 is 32.6 Å². The van der Waals surface area contributed by atoms with Crippen molar-refractivity contribution in [3.63, 3.8) is 0 Å². The van der Waals surface area contributed by atoms with Crippen LogP contribution in [0.3, 0.4) is 0 Å². The lowest BCUT2D eigenvalue weighted by atomic mass is 9.61. The molecule has 31 heavy (non-hydrogen) atoms. The molecule has 0 aliphatic rings. The molecule has 0 aliphatic carbocycles. The lowest BCUT2D eigenvalue weighted by Crippen LogP contribution is -2.55. The van der Waals surface area contributed by atoms with E-state index in [0.717, 1.165) is 5.69 Å². The van der Waals surface area contributed by atoms with Crippen LogP contribution in [-0.4, -0.2) is 39.2 Å². The summed E-state index contributed by atoms with van der Waals surface area (Å²) in [7, 11) is 11.1. The van der Waals surface area contributed by atoms with Gasteiger partial charge in [-0.15, -0.1) is 16.8 Å². The van der Waals surface area contributed by atoms with Gasteiger partial charge < -0.3 is 5.32 Å². The van der Waals surface area contributed by atoms with Crippen LogP contribution in [0.5, 0.6) is 0 Å². The molecule has 0 saturated carbocycles. The van der Waals surface area contributed by atoms with Gasteiger partial charge in [-0.25, -0.2) is 0 Å². The van der Waals surface area contributed by atoms with Crippen LogP contribution in [0.15, 0.2) is 66.7 Å². The average Bonchev–Trinajstić information content (AvgIpc) is 3.17. The Labute approximate surface area is 192 Å². The summed E-state index contributed by atoms with van der Waals surface area (Å²) in [5.41, 5.74) is 11.8. The van der Waals surface area contributed by atoms with Crippen molar-refractivity contribution in [2.45, 2.75) is 0 Å². The van der Waals surface area contributed by atoms with Crippen LogP contribution in [0.2, 0.25) is 0 Å². The lowest BCUT2D eigenvalue weighted by Gasteiger charge is -2.21. The number of nitrogens with one attached hydrogen (secondary N) is 1. The minimum absolute atomic E-state index is 1.15. The van der Waals surface area contributed by atoms with E-state index >= 15 is 0 Å². The summed E-state index contributed by atoms with van der Waals surface area (Å²) in [5, 5.41) is 6.40. The van der Waals surface area contributed by atoms with E-state index in [9.17, 15) is 0 Å². The highest BCUT2D eigenvalue weighted by molar-refractivity contribution is 7.26. The second-order valence-corrected chi connectivity index (χ2v) is 9.54. The Balaban J connectivity index is 1.63. The predicted octanol–water partition coefficient (Wildman–Crippen LogP) is -1.24. The molecule has 0 spiro atoms. The summed E-state index contributed by atoms with van der Waals surface area (Å²) < 4.78 is 2.68. The van der Waals surface area contributed by atoms with Crippen LogP contribution >= 0.6 is 11.3 Å². The maximum atomic E-state index is 3.74. The molecule has 4 aromatic carbocycles. The minimum atomic E-state index is 1.15. The molecule has 7 heteroatoms. The molecule has 0 atom stereocenters. The molecule has 1 nitrogen and oxygen atoms in total. The number of thiophene rings is 1. The summed E-state index contributed by atoms with van der Waals surface area (Å²) in [6, 6.07) is 24.1. The molecule has 5 aromatic rings. The van der Waals surface area contributed by atoms with Crippen LogP contribution in [0.4, 0.5) is 11.4 Å². The molecule has 0 unspecified atom stereocenters. The Morgan fingerprint density at radius 3 is 2.00 bits per heavy atom. The molecule has 0 bridgehead atoms. The largest absolute Gasteiger partial charge is 0.356 e. The predicted molar refractivity (Wildman–Crippen MR) is 155 cm³/mol. The highest BCUT2D eigenvalue weighted by Crippen LogP contribution is 2.40. The zero-order valence-electron chi connectivity index (χ0n) is 18.8. The molecular weight excluding hydrogens is 388 g/mol. The molecule has 0 amide bonds. The highest BCUT2D eigenvalue weighted by Gasteiger charge is 2.13. The summed E-state index contributed by atoms with van der Waals surface area (Å²) >= 11 is 1.89. The van der Waals surface area contributed by atoms with Gasteiger partial charge in [0, 0.05) is 31.5 Å². The summed E-state index contributed by atoms with van der Waals surface area (Å²) in [6.45, 7) is 0. The number of fused-ring (bicyclic) bond motifs is 3. The first-order valence-electron chi connectivity index (χ1n) is 10.8. The molecule has 0 aliphatic heterocycles. The number of hydrogen-bond acceptors (Lipinski definition) is 2. The maximum Gasteiger partial charge on any atom is 0.141 e. The molecule has 0 radical (unpaired) electrons. The number of hydrogen-bond donors (Lipinski definition) is 1. The summed E-state index contributed by atoms with van der Waals surface area (Å²) in [5.74, 6) is 0. The van der Waals surface area contributed by atoms with E-state index in [1.807, 2.05) is 11.3 Å². The van der Waals surface area contributed by atoms with Crippen LogP contribution in [0.25, 0.3) is 31.3 Å². The van der Waals surface area contributed by atoms with Crippen LogP contribution in [-0.2, 0) is 0 Å². The fraction of sp³-hybridized carbons (Fsp3) is 0. The van der Waals surface area contributed by atoms with Gasteiger partial charge in [0.15, 0.2) is 0 Å². The number of anilines is 2. The second kappa shape index (κ2) is 7.73. The van der Waals surface area contributed by atoms with E-state index in [-0.39, 0.29) is 0 Å². The monoisotopic (exact) mass is 411 g/mol. The van der Waals surface area contributed by atoms with Gasteiger partial charge in [-0.3, -0.25) is 0 Å². The van der Waals surface area contributed by atoms with E-state index in [0.29, 0.717) is 0 Å². The lowest BCUT2D eigenvalue weighted by molar-refractivity contribution is 1.65. The third kappa shape index (κ3) is 3.32. The molecule has 0 saturated heterocycles. The number of benzene rings is 4. The van der Waals surface area contributed by atoms with Crippen molar-refractivity contribution in [3.8, 4) is 11.1 Å². The third-order valence-corrected chi connectivity index (χ3v) is 8.05. The first-order valence-corrected chi connectivity index (χ1v) is 11.6. The van der Waals surface area contributed by atoms with E-state index in [4.69, 9.17) is 0 Å². The maximum absolute atomic E-state index is 3.74. The van der Waals surface area contributed by atoms with Gasteiger partial charge in [0.25, 0.3) is 0 Å². The zero-order chi connectivity index (χ0) is 21.7. The van der Waals surface area contributed by atoms with Gasteiger partial charge in [0.2, 0.25) is 0 Å². The average molecular weight is 411 g/mol. The molecule has 1 heterocycles. The van der Waals surface area contributed by atoms with Crippen molar-refractivity contribution in [2.24, 2.45) is 0 Å². The summed E-state index contributed by atoms with van der Waals surface area (Å²) in [4.78, 5) is 0. The molecular formula is C24H22B5NS. The Morgan fingerprint density at radius 1 is 0.613 bits per heavy atom. The van der Waals surface area contributed by atoms with Crippen molar-refractivity contribution in [2.75, 3.05) is 5.32 Å². The van der Waals surface area contributed by atoms with Gasteiger partial charge in [-0.2, -0.15) is 0 Å². The molecule has 0 fully saturated rings. The van der Waals surface area contributed by atoms with Gasteiger partial charge in [-0.1, -0.05) is 76.4 Å². The van der Waals surface area contributed by atoms with Gasteiger partial charge in [0.1, 0.15) is 39.2 Å². The Hall–Kier alpha value is -2.78. The Bertz CT molecular complexity index is 1430. The Morgan fingerprint density at radius 2 is 1.29 bits per heavy atom. The fourth-order valence-electron chi connectivity index (χ4n) is 4.55. The first-order chi connectivity index (χ1) is 15.0. The summed E-state index contributed by atoms with van der Waals surface area (Å²) in [6.07, 6.45) is 0.